The van der Waals surface area contributed by atoms with Gasteiger partial charge in [-0.3, -0.25) is 0 Å². The number of ether oxygens (including phenoxy) is 1. The van der Waals surface area contributed by atoms with E-state index in [-0.39, 0.29) is 0 Å². The molecule has 0 aliphatic heterocycles. The lowest BCUT2D eigenvalue weighted by molar-refractivity contribution is 0.202. The minimum absolute atomic E-state index is 0.510. The Labute approximate surface area is 125 Å². The number of rotatable bonds is 6. The van der Waals surface area contributed by atoms with Crippen LogP contribution in [0.15, 0.2) is 28.7 Å². The molecule has 0 atom stereocenters. The molecule has 2 nitrogen and oxygen atoms in total. The number of hydrogen-bond donors (Lipinski definition) is 1. The third kappa shape index (κ3) is 5.15. The van der Waals surface area contributed by atoms with E-state index in [0.717, 1.165) is 29.9 Å². The first-order valence-corrected chi connectivity index (χ1v) is 8.06. The molecule has 0 unspecified atom stereocenters. The van der Waals surface area contributed by atoms with Crippen LogP contribution in [0.5, 0.6) is 5.75 Å². The summed E-state index contributed by atoms with van der Waals surface area (Å²) in [5, 5.41) is 3.54. The molecule has 0 heterocycles. The molecule has 19 heavy (non-hydrogen) atoms. The van der Waals surface area contributed by atoms with Crippen molar-refractivity contribution in [3.63, 3.8) is 0 Å². The number of halogens is 1. The van der Waals surface area contributed by atoms with Crippen LogP contribution in [-0.4, -0.2) is 19.7 Å². The molecule has 1 aromatic rings. The standard InChI is InChI=1S/C16H24BrNO/c1-16(9-3-2-4-10-16)13-18-11-12-19-15-7-5-14(17)6-8-15/h5-8,18H,2-4,9-13H2,1H3. The average Bonchev–Trinajstić information content (AvgIpc) is 2.41. The smallest absolute Gasteiger partial charge is 0.119 e. The Balaban J connectivity index is 1.60. The summed E-state index contributed by atoms with van der Waals surface area (Å²) in [7, 11) is 0. The van der Waals surface area contributed by atoms with Crippen molar-refractivity contribution < 1.29 is 4.74 Å². The Morgan fingerprint density at radius 1 is 1.16 bits per heavy atom. The van der Waals surface area contributed by atoms with Gasteiger partial charge in [0.2, 0.25) is 0 Å². The summed E-state index contributed by atoms with van der Waals surface area (Å²) in [4.78, 5) is 0. The minimum Gasteiger partial charge on any atom is -0.492 e. The topological polar surface area (TPSA) is 21.3 Å². The van der Waals surface area contributed by atoms with Gasteiger partial charge in [-0.1, -0.05) is 42.1 Å². The van der Waals surface area contributed by atoms with Crippen molar-refractivity contribution in [2.45, 2.75) is 39.0 Å². The fourth-order valence-electron chi connectivity index (χ4n) is 2.74. The van der Waals surface area contributed by atoms with Crippen LogP contribution in [0, 0.1) is 5.41 Å². The summed E-state index contributed by atoms with van der Waals surface area (Å²) in [6, 6.07) is 8.00. The van der Waals surface area contributed by atoms with E-state index in [2.05, 4.69) is 28.2 Å². The molecule has 1 saturated carbocycles. The average molecular weight is 326 g/mol. The molecule has 0 spiro atoms. The molecule has 0 bridgehead atoms. The molecule has 0 saturated heterocycles. The van der Waals surface area contributed by atoms with Crippen molar-refractivity contribution in [3.8, 4) is 5.75 Å². The van der Waals surface area contributed by atoms with Gasteiger partial charge in [0.15, 0.2) is 0 Å². The van der Waals surface area contributed by atoms with Gasteiger partial charge in [-0.25, -0.2) is 0 Å². The molecular weight excluding hydrogens is 302 g/mol. The van der Waals surface area contributed by atoms with E-state index in [1.165, 1.54) is 32.1 Å². The van der Waals surface area contributed by atoms with E-state index >= 15 is 0 Å². The highest BCUT2D eigenvalue weighted by molar-refractivity contribution is 9.10. The number of benzene rings is 1. The third-order valence-corrected chi connectivity index (χ3v) is 4.50. The van der Waals surface area contributed by atoms with Gasteiger partial charge in [0, 0.05) is 17.6 Å². The quantitative estimate of drug-likeness (QED) is 0.783. The Morgan fingerprint density at radius 2 is 1.84 bits per heavy atom. The highest BCUT2D eigenvalue weighted by atomic mass is 79.9. The highest BCUT2D eigenvalue weighted by Crippen LogP contribution is 2.34. The van der Waals surface area contributed by atoms with Gasteiger partial charge in [-0.2, -0.15) is 0 Å². The molecular formula is C16H24BrNO. The maximum absolute atomic E-state index is 5.70. The summed E-state index contributed by atoms with van der Waals surface area (Å²) < 4.78 is 6.79. The van der Waals surface area contributed by atoms with Crippen LogP contribution in [-0.2, 0) is 0 Å². The second-order valence-electron chi connectivity index (χ2n) is 5.85. The molecule has 1 aromatic carbocycles. The van der Waals surface area contributed by atoms with Crippen LogP contribution < -0.4 is 10.1 Å². The number of hydrogen-bond acceptors (Lipinski definition) is 2. The summed E-state index contributed by atoms with van der Waals surface area (Å²) in [6.45, 7) is 5.19. The molecule has 0 radical (unpaired) electrons. The third-order valence-electron chi connectivity index (χ3n) is 3.97. The molecule has 1 aliphatic rings. The van der Waals surface area contributed by atoms with Crippen molar-refractivity contribution in [1.82, 2.24) is 5.32 Å². The van der Waals surface area contributed by atoms with Crippen LogP contribution in [0.2, 0.25) is 0 Å². The van der Waals surface area contributed by atoms with Crippen molar-refractivity contribution in [3.05, 3.63) is 28.7 Å². The molecule has 1 fully saturated rings. The predicted molar refractivity (Wildman–Crippen MR) is 83.7 cm³/mol. The normalized spacial score (nSPS) is 18.2. The Bertz CT molecular complexity index is 371. The van der Waals surface area contributed by atoms with Crippen molar-refractivity contribution in [2.75, 3.05) is 19.7 Å². The zero-order valence-corrected chi connectivity index (χ0v) is 13.3. The van der Waals surface area contributed by atoms with Gasteiger partial charge < -0.3 is 10.1 Å². The highest BCUT2D eigenvalue weighted by Gasteiger charge is 2.25. The Hall–Kier alpha value is -0.540. The van der Waals surface area contributed by atoms with Crippen LogP contribution in [0.4, 0.5) is 0 Å². The van der Waals surface area contributed by atoms with Gasteiger partial charge in [0.25, 0.3) is 0 Å². The summed E-state index contributed by atoms with van der Waals surface area (Å²) >= 11 is 3.42. The van der Waals surface area contributed by atoms with Gasteiger partial charge >= 0.3 is 0 Å². The largest absolute Gasteiger partial charge is 0.492 e. The zero-order valence-electron chi connectivity index (χ0n) is 11.8. The van der Waals surface area contributed by atoms with Gasteiger partial charge in [0.1, 0.15) is 12.4 Å². The lowest BCUT2D eigenvalue weighted by atomic mass is 9.76. The summed E-state index contributed by atoms with van der Waals surface area (Å²) in [5.41, 5.74) is 0.510. The zero-order chi connectivity index (χ0) is 13.6. The van der Waals surface area contributed by atoms with Gasteiger partial charge in [0.05, 0.1) is 0 Å². The fourth-order valence-corrected chi connectivity index (χ4v) is 3.01. The molecule has 3 heteroatoms. The van der Waals surface area contributed by atoms with Gasteiger partial charge in [-0.05, 0) is 42.5 Å². The van der Waals surface area contributed by atoms with Crippen LogP contribution in [0.25, 0.3) is 0 Å². The minimum atomic E-state index is 0.510. The molecule has 1 N–H and O–H groups in total. The van der Waals surface area contributed by atoms with E-state index in [0.29, 0.717) is 5.41 Å². The first-order chi connectivity index (χ1) is 9.18. The first-order valence-electron chi connectivity index (χ1n) is 7.27. The van der Waals surface area contributed by atoms with E-state index in [1.807, 2.05) is 24.3 Å². The van der Waals surface area contributed by atoms with Crippen LogP contribution >= 0.6 is 15.9 Å². The van der Waals surface area contributed by atoms with Crippen molar-refractivity contribution in [1.29, 1.82) is 0 Å². The number of nitrogens with one attached hydrogen (secondary N) is 1. The second-order valence-corrected chi connectivity index (χ2v) is 6.77. The first kappa shape index (κ1) is 14.9. The Morgan fingerprint density at radius 3 is 2.53 bits per heavy atom. The molecule has 0 amide bonds. The Kier molecular flexibility index (Phi) is 5.71. The molecule has 106 valence electrons. The van der Waals surface area contributed by atoms with E-state index in [1.54, 1.807) is 0 Å². The maximum atomic E-state index is 5.70. The maximum Gasteiger partial charge on any atom is 0.119 e. The fraction of sp³-hybridized carbons (Fsp3) is 0.625. The van der Waals surface area contributed by atoms with Crippen molar-refractivity contribution >= 4 is 15.9 Å². The summed E-state index contributed by atoms with van der Waals surface area (Å²) in [5.74, 6) is 0.939. The second kappa shape index (κ2) is 7.30. The van der Waals surface area contributed by atoms with Crippen molar-refractivity contribution in [2.24, 2.45) is 5.41 Å². The SMILES string of the molecule is CC1(CNCCOc2ccc(Br)cc2)CCCCC1. The molecule has 1 aliphatic carbocycles. The van der Waals surface area contributed by atoms with Crippen LogP contribution in [0.1, 0.15) is 39.0 Å². The van der Waals surface area contributed by atoms with E-state index in [4.69, 9.17) is 4.74 Å². The molecule has 2 rings (SSSR count). The summed E-state index contributed by atoms with van der Waals surface area (Å²) in [6.07, 6.45) is 6.95. The van der Waals surface area contributed by atoms with Crippen LogP contribution in [0.3, 0.4) is 0 Å². The lowest BCUT2D eigenvalue weighted by Crippen LogP contribution is -2.35. The van der Waals surface area contributed by atoms with Gasteiger partial charge in [-0.15, -0.1) is 0 Å². The monoisotopic (exact) mass is 325 g/mol. The molecule has 0 aromatic heterocycles. The van der Waals surface area contributed by atoms with E-state index in [9.17, 15) is 0 Å². The predicted octanol–water partition coefficient (Wildman–Crippen LogP) is 4.39. The lowest BCUT2D eigenvalue weighted by Gasteiger charge is -2.33. The van der Waals surface area contributed by atoms with E-state index < -0.39 is 0 Å².